The molecule has 0 spiro atoms. The quantitative estimate of drug-likeness (QED) is 0.761. The van der Waals surface area contributed by atoms with Crippen molar-refractivity contribution >= 4 is 17.2 Å². The zero-order valence-electron chi connectivity index (χ0n) is 15.0. The molecule has 3 aromatic rings. The number of nitrogens with one attached hydrogen (secondary N) is 1. The first kappa shape index (κ1) is 17.9. The Morgan fingerprint density at radius 2 is 2.04 bits per heavy atom. The van der Waals surface area contributed by atoms with Gasteiger partial charge in [-0.2, -0.15) is 5.10 Å². The van der Waals surface area contributed by atoms with Crippen molar-refractivity contribution in [1.82, 2.24) is 25.1 Å². The molecule has 0 atom stereocenters. The third-order valence-corrected chi connectivity index (χ3v) is 5.29. The Morgan fingerprint density at radius 1 is 1.27 bits per heavy atom. The zero-order valence-corrected chi connectivity index (χ0v) is 15.8. The van der Waals surface area contributed by atoms with Crippen LogP contribution in [0.3, 0.4) is 0 Å². The summed E-state index contributed by atoms with van der Waals surface area (Å²) in [6.07, 6.45) is 3.39. The third-order valence-electron chi connectivity index (χ3n) is 4.12. The number of hydrogen-bond acceptors (Lipinski definition) is 6. The van der Waals surface area contributed by atoms with Gasteiger partial charge in [-0.3, -0.25) is 14.6 Å². The SMILES string of the molecule is Cc1nc(-c2c(C)c(C)nn(C)c2=O)sc1C(=O)NCc1cccnc1. The molecule has 1 N–H and O–H groups in total. The molecule has 3 aromatic heterocycles. The smallest absolute Gasteiger partial charge is 0.277 e. The van der Waals surface area contributed by atoms with Crippen LogP contribution < -0.4 is 10.9 Å². The molecule has 0 fully saturated rings. The largest absolute Gasteiger partial charge is 0.347 e. The highest BCUT2D eigenvalue weighted by Crippen LogP contribution is 2.28. The Hall–Kier alpha value is -2.87. The van der Waals surface area contributed by atoms with Gasteiger partial charge in [0.1, 0.15) is 9.88 Å². The fourth-order valence-corrected chi connectivity index (χ4v) is 3.66. The summed E-state index contributed by atoms with van der Waals surface area (Å²) in [5.74, 6) is -0.213. The van der Waals surface area contributed by atoms with Crippen molar-refractivity contribution in [2.45, 2.75) is 27.3 Å². The van der Waals surface area contributed by atoms with Crippen molar-refractivity contribution in [2.75, 3.05) is 0 Å². The minimum absolute atomic E-state index is 0.213. The van der Waals surface area contributed by atoms with E-state index in [9.17, 15) is 9.59 Å². The molecule has 0 aromatic carbocycles. The van der Waals surface area contributed by atoms with Crippen molar-refractivity contribution in [3.8, 4) is 10.6 Å². The summed E-state index contributed by atoms with van der Waals surface area (Å²) < 4.78 is 1.30. The number of carbonyl (C=O) groups excluding carboxylic acids is 1. The molecule has 7 nitrogen and oxygen atoms in total. The lowest BCUT2D eigenvalue weighted by molar-refractivity contribution is 0.0954. The van der Waals surface area contributed by atoms with Crippen LogP contribution in [-0.2, 0) is 13.6 Å². The van der Waals surface area contributed by atoms with E-state index in [-0.39, 0.29) is 11.5 Å². The summed E-state index contributed by atoms with van der Waals surface area (Å²) in [7, 11) is 1.61. The number of rotatable bonds is 4. The summed E-state index contributed by atoms with van der Waals surface area (Å²) in [4.78, 5) is 34.0. The Bertz CT molecular complexity index is 1020. The minimum atomic E-state index is -0.218. The Labute approximate surface area is 154 Å². The molecule has 134 valence electrons. The molecule has 0 aliphatic rings. The molecule has 3 heterocycles. The molecule has 3 rings (SSSR count). The summed E-state index contributed by atoms with van der Waals surface area (Å²) in [5, 5.41) is 7.59. The molecule has 0 saturated carbocycles. The van der Waals surface area contributed by atoms with Gasteiger partial charge >= 0.3 is 0 Å². The molecular formula is C18H19N5O2S. The van der Waals surface area contributed by atoms with Gasteiger partial charge in [-0.15, -0.1) is 11.3 Å². The van der Waals surface area contributed by atoms with Crippen LogP contribution in [0.1, 0.15) is 32.2 Å². The zero-order chi connectivity index (χ0) is 18.8. The first-order chi connectivity index (χ1) is 12.4. The van der Waals surface area contributed by atoms with Crippen molar-refractivity contribution in [3.05, 3.63) is 62.3 Å². The summed E-state index contributed by atoms with van der Waals surface area (Å²) in [6.45, 7) is 5.85. The first-order valence-electron chi connectivity index (χ1n) is 8.08. The molecule has 8 heteroatoms. The van der Waals surface area contributed by atoms with E-state index in [4.69, 9.17) is 0 Å². The number of aromatic nitrogens is 4. The summed E-state index contributed by atoms with van der Waals surface area (Å²) in [5.41, 5.74) is 3.34. The molecule has 1 amide bonds. The van der Waals surface area contributed by atoms with Crippen LogP contribution in [0.2, 0.25) is 0 Å². The van der Waals surface area contributed by atoms with Gasteiger partial charge < -0.3 is 5.32 Å². The van der Waals surface area contributed by atoms with Gasteiger partial charge in [0, 0.05) is 26.0 Å². The Kier molecular flexibility index (Phi) is 4.94. The van der Waals surface area contributed by atoms with Crippen molar-refractivity contribution in [1.29, 1.82) is 0 Å². The van der Waals surface area contributed by atoms with Crippen LogP contribution in [0.15, 0.2) is 29.3 Å². The number of nitrogens with zero attached hydrogens (tertiary/aromatic N) is 4. The number of amides is 1. The van der Waals surface area contributed by atoms with Crippen LogP contribution in [0.4, 0.5) is 0 Å². The predicted molar refractivity (Wildman–Crippen MR) is 100 cm³/mol. The van der Waals surface area contributed by atoms with E-state index in [0.717, 1.165) is 16.8 Å². The van der Waals surface area contributed by atoms with Crippen LogP contribution in [0, 0.1) is 20.8 Å². The minimum Gasteiger partial charge on any atom is -0.347 e. The number of carbonyl (C=O) groups is 1. The maximum absolute atomic E-state index is 12.5. The van der Waals surface area contributed by atoms with Gasteiger partial charge in [0.05, 0.1) is 17.0 Å². The van der Waals surface area contributed by atoms with Gasteiger partial charge in [0.25, 0.3) is 11.5 Å². The second kappa shape index (κ2) is 7.17. The van der Waals surface area contributed by atoms with Crippen LogP contribution >= 0.6 is 11.3 Å². The van der Waals surface area contributed by atoms with E-state index in [1.165, 1.54) is 16.0 Å². The third kappa shape index (κ3) is 3.41. The normalized spacial score (nSPS) is 10.8. The van der Waals surface area contributed by atoms with E-state index in [0.29, 0.717) is 27.7 Å². The summed E-state index contributed by atoms with van der Waals surface area (Å²) >= 11 is 1.22. The molecule has 0 radical (unpaired) electrons. The van der Waals surface area contributed by atoms with Crippen LogP contribution in [0.5, 0.6) is 0 Å². The number of thiazole rings is 1. The highest BCUT2D eigenvalue weighted by molar-refractivity contribution is 7.17. The van der Waals surface area contributed by atoms with Gasteiger partial charge in [0.2, 0.25) is 0 Å². The summed E-state index contributed by atoms with van der Waals surface area (Å²) in [6, 6.07) is 3.72. The lowest BCUT2D eigenvalue weighted by Crippen LogP contribution is -2.23. The van der Waals surface area contributed by atoms with E-state index in [2.05, 4.69) is 20.4 Å². The molecular weight excluding hydrogens is 350 g/mol. The van der Waals surface area contributed by atoms with Crippen molar-refractivity contribution in [2.24, 2.45) is 7.05 Å². The van der Waals surface area contributed by atoms with Gasteiger partial charge in [-0.1, -0.05) is 6.07 Å². The lowest BCUT2D eigenvalue weighted by atomic mass is 10.1. The number of pyridine rings is 1. The molecule has 26 heavy (non-hydrogen) atoms. The maximum Gasteiger partial charge on any atom is 0.277 e. The molecule has 0 bridgehead atoms. The van der Waals surface area contributed by atoms with Gasteiger partial charge in [0.15, 0.2) is 0 Å². The fraction of sp³-hybridized carbons (Fsp3) is 0.278. The fourth-order valence-electron chi connectivity index (χ4n) is 2.58. The maximum atomic E-state index is 12.5. The molecule has 0 aliphatic carbocycles. The van der Waals surface area contributed by atoms with Gasteiger partial charge in [-0.05, 0) is 38.0 Å². The van der Waals surface area contributed by atoms with Crippen molar-refractivity contribution < 1.29 is 4.79 Å². The lowest BCUT2D eigenvalue weighted by Gasteiger charge is -2.07. The van der Waals surface area contributed by atoms with Crippen LogP contribution in [-0.4, -0.2) is 25.7 Å². The second-order valence-electron chi connectivity index (χ2n) is 5.99. The molecule has 0 saturated heterocycles. The van der Waals surface area contributed by atoms with Crippen LogP contribution in [0.25, 0.3) is 10.6 Å². The van der Waals surface area contributed by atoms with E-state index >= 15 is 0 Å². The average Bonchev–Trinajstić information content (AvgIpc) is 3.00. The van der Waals surface area contributed by atoms with E-state index in [1.807, 2.05) is 26.0 Å². The van der Waals surface area contributed by atoms with E-state index in [1.54, 1.807) is 26.4 Å². The second-order valence-corrected chi connectivity index (χ2v) is 6.99. The Balaban J connectivity index is 1.91. The number of aryl methyl sites for hydroxylation is 3. The Morgan fingerprint density at radius 3 is 2.73 bits per heavy atom. The molecule has 0 aliphatic heterocycles. The predicted octanol–water partition coefficient (Wildman–Crippen LogP) is 2.15. The monoisotopic (exact) mass is 369 g/mol. The average molecular weight is 369 g/mol. The van der Waals surface area contributed by atoms with Gasteiger partial charge in [-0.25, -0.2) is 9.67 Å². The topological polar surface area (TPSA) is 89.8 Å². The standard InChI is InChI=1S/C18H19N5O2S/c1-10-11(2)22-23(4)18(25)14(10)17-21-12(3)15(26-17)16(24)20-9-13-6-5-7-19-8-13/h5-8H,9H2,1-4H3,(H,20,24). The van der Waals surface area contributed by atoms with Crippen molar-refractivity contribution in [3.63, 3.8) is 0 Å². The molecule has 0 unspecified atom stereocenters. The highest BCUT2D eigenvalue weighted by atomic mass is 32.1. The number of hydrogen-bond donors (Lipinski definition) is 1. The first-order valence-corrected chi connectivity index (χ1v) is 8.89. The highest BCUT2D eigenvalue weighted by Gasteiger charge is 2.20. The van der Waals surface area contributed by atoms with E-state index < -0.39 is 0 Å².